The zero-order chi connectivity index (χ0) is 13.0. The molecule has 0 bridgehead atoms. The van der Waals surface area contributed by atoms with Crippen molar-refractivity contribution in [2.45, 2.75) is 19.9 Å². The van der Waals surface area contributed by atoms with Crippen LogP contribution in [0.4, 0.5) is 5.69 Å². The van der Waals surface area contributed by atoms with Crippen LogP contribution in [-0.2, 0) is 4.79 Å². The number of methoxy groups -OCH3 is 1. The number of hydrogen-bond acceptors (Lipinski definition) is 3. The van der Waals surface area contributed by atoms with Gasteiger partial charge in [-0.25, -0.2) is 0 Å². The molecule has 0 aromatic heterocycles. The van der Waals surface area contributed by atoms with Gasteiger partial charge in [0.15, 0.2) is 0 Å². The van der Waals surface area contributed by atoms with E-state index in [1.54, 1.807) is 32.2 Å². The lowest BCUT2D eigenvalue weighted by Crippen LogP contribution is -2.34. The summed E-state index contributed by atoms with van der Waals surface area (Å²) in [6.07, 6.45) is 0. The smallest absolute Gasteiger partial charge is 0.228 e. The molecule has 0 aliphatic heterocycles. The third kappa shape index (κ3) is 3.71. The van der Waals surface area contributed by atoms with Crippen molar-refractivity contribution in [1.29, 1.82) is 0 Å². The highest BCUT2D eigenvalue weighted by Gasteiger charge is 2.17. The van der Waals surface area contributed by atoms with Gasteiger partial charge in [0, 0.05) is 11.7 Å². The number of rotatable bonds is 4. The maximum Gasteiger partial charge on any atom is 0.228 e. The highest BCUT2D eigenvalue weighted by molar-refractivity contribution is 9.10. The van der Waals surface area contributed by atoms with Crippen LogP contribution in [0.3, 0.4) is 0 Å². The molecule has 1 aromatic rings. The van der Waals surface area contributed by atoms with E-state index in [9.17, 15) is 4.79 Å². The van der Waals surface area contributed by atoms with Gasteiger partial charge in [0.25, 0.3) is 0 Å². The zero-order valence-electron chi connectivity index (χ0n) is 10.2. The first kappa shape index (κ1) is 14.0. The molecule has 0 fully saturated rings. The highest BCUT2D eigenvalue weighted by Crippen LogP contribution is 2.27. The molecule has 2 atom stereocenters. The zero-order valence-corrected chi connectivity index (χ0v) is 11.7. The Labute approximate surface area is 110 Å². The van der Waals surface area contributed by atoms with E-state index in [0.29, 0.717) is 0 Å². The van der Waals surface area contributed by atoms with Crippen LogP contribution in [0.1, 0.15) is 13.8 Å². The van der Waals surface area contributed by atoms with E-state index in [2.05, 4.69) is 21.2 Å². The maximum absolute atomic E-state index is 11.8. The number of halogens is 1. The average Bonchev–Trinajstić information content (AvgIpc) is 2.28. The van der Waals surface area contributed by atoms with Gasteiger partial charge in [-0.05, 0) is 41.1 Å². The van der Waals surface area contributed by atoms with E-state index < -0.39 is 0 Å². The maximum atomic E-state index is 11.8. The largest absolute Gasteiger partial charge is 0.496 e. The Kier molecular flexibility index (Phi) is 4.96. The van der Waals surface area contributed by atoms with Gasteiger partial charge in [-0.1, -0.05) is 6.92 Å². The van der Waals surface area contributed by atoms with Crippen molar-refractivity contribution < 1.29 is 9.53 Å². The van der Waals surface area contributed by atoms with Gasteiger partial charge >= 0.3 is 0 Å². The number of anilines is 1. The predicted octanol–water partition coefficient (Wildman–Crippen LogP) is 2.38. The molecule has 4 nitrogen and oxygen atoms in total. The van der Waals surface area contributed by atoms with E-state index >= 15 is 0 Å². The minimum absolute atomic E-state index is 0.0860. The molecule has 3 N–H and O–H groups in total. The van der Waals surface area contributed by atoms with E-state index in [0.717, 1.165) is 15.9 Å². The summed E-state index contributed by atoms with van der Waals surface area (Å²) in [7, 11) is 1.59. The molecule has 0 saturated carbocycles. The molecule has 0 saturated heterocycles. The molecule has 0 heterocycles. The summed E-state index contributed by atoms with van der Waals surface area (Å²) in [5, 5.41) is 2.81. The minimum atomic E-state index is -0.226. The summed E-state index contributed by atoms with van der Waals surface area (Å²) in [5.74, 6) is 0.413. The summed E-state index contributed by atoms with van der Waals surface area (Å²) in [6, 6.07) is 5.20. The molecule has 17 heavy (non-hydrogen) atoms. The Morgan fingerprint density at radius 3 is 2.59 bits per heavy atom. The third-order valence-corrected chi connectivity index (χ3v) is 3.24. The van der Waals surface area contributed by atoms with Crippen LogP contribution in [0.5, 0.6) is 5.75 Å². The van der Waals surface area contributed by atoms with E-state index in [1.807, 2.05) is 6.92 Å². The standard InChI is InChI=1S/C12H17BrN2O2/c1-7(8(2)14)12(16)15-9-4-5-11(17-3)10(13)6-9/h4-8H,14H2,1-3H3,(H,15,16). The second kappa shape index (κ2) is 6.02. The Balaban J connectivity index is 2.76. The average molecular weight is 301 g/mol. The van der Waals surface area contributed by atoms with Crippen LogP contribution in [0.25, 0.3) is 0 Å². The molecular weight excluding hydrogens is 284 g/mol. The first-order chi connectivity index (χ1) is 7.95. The molecule has 1 aromatic carbocycles. The lowest BCUT2D eigenvalue weighted by atomic mass is 10.0. The van der Waals surface area contributed by atoms with Gasteiger partial charge in [0.1, 0.15) is 5.75 Å². The van der Waals surface area contributed by atoms with Crippen molar-refractivity contribution in [3.05, 3.63) is 22.7 Å². The summed E-state index contributed by atoms with van der Waals surface area (Å²) in [6.45, 7) is 3.62. The van der Waals surface area contributed by atoms with Crippen LogP contribution in [0, 0.1) is 5.92 Å². The van der Waals surface area contributed by atoms with Gasteiger partial charge in [0.2, 0.25) is 5.91 Å². The Morgan fingerprint density at radius 2 is 2.12 bits per heavy atom. The van der Waals surface area contributed by atoms with Crippen LogP contribution in [-0.4, -0.2) is 19.1 Å². The molecule has 1 amide bonds. The van der Waals surface area contributed by atoms with Crippen molar-refractivity contribution in [1.82, 2.24) is 0 Å². The van der Waals surface area contributed by atoms with Gasteiger partial charge in [-0.15, -0.1) is 0 Å². The molecule has 5 heteroatoms. The van der Waals surface area contributed by atoms with Crippen LogP contribution >= 0.6 is 15.9 Å². The van der Waals surface area contributed by atoms with E-state index in [-0.39, 0.29) is 17.9 Å². The van der Waals surface area contributed by atoms with Crippen molar-refractivity contribution in [2.75, 3.05) is 12.4 Å². The molecule has 94 valence electrons. The summed E-state index contributed by atoms with van der Waals surface area (Å²) in [5.41, 5.74) is 6.39. The molecule has 0 radical (unpaired) electrons. The molecular formula is C12H17BrN2O2. The molecule has 0 spiro atoms. The third-order valence-electron chi connectivity index (χ3n) is 2.62. The number of benzene rings is 1. The minimum Gasteiger partial charge on any atom is -0.496 e. The number of amides is 1. The highest BCUT2D eigenvalue weighted by atomic mass is 79.9. The SMILES string of the molecule is COc1ccc(NC(=O)C(C)C(C)N)cc1Br. The van der Waals surface area contributed by atoms with Crippen LogP contribution in [0.15, 0.2) is 22.7 Å². The normalized spacial score (nSPS) is 13.9. The fraction of sp³-hybridized carbons (Fsp3) is 0.417. The van der Waals surface area contributed by atoms with E-state index in [1.165, 1.54) is 0 Å². The van der Waals surface area contributed by atoms with Gasteiger partial charge in [-0.2, -0.15) is 0 Å². The second-order valence-corrected chi connectivity index (χ2v) is 4.84. The van der Waals surface area contributed by atoms with Gasteiger partial charge in [0.05, 0.1) is 17.5 Å². The number of nitrogens with one attached hydrogen (secondary N) is 1. The van der Waals surface area contributed by atoms with Crippen molar-refractivity contribution >= 4 is 27.5 Å². The Hall–Kier alpha value is -1.07. The molecule has 2 unspecified atom stereocenters. The number of hydrogen-bond donors (Lipinski definition) is 2. The molecule has 1 rings (SSSR count). The topological polar surface area (TPSA) is 64.3 Å². The lowest BCUT2D eigenvalue weighted by Gasteiger charge is -2.15. The number of ether oxygens (including phenoxy) is 1. The first-order valence-corrected chi connectivity index (χ1v) is 6.15. The Bertz CT molecular complexity index is 407. The number of nitrogens with two attached hydrogens (primary N) is 1. The quantitative estimate of drug-likeness (QED) is 0.897. The lowest BCUT2D eigenvalue weighted by molar-refractivity contribution is -0.119. The second-order valence-electron chi connectivity index (χ2n) is 3.99. The Morgan fingerprint density at radius 1 is 1.47 bits per heavy atom. The predicted molar refractivity (Wildman–Crippen MR) is 72.1 cm³/mol. The fourth-order valence-electron chi connectivity index (χ4n) is 1.24. The summed E-state index contributed by atoms with van der Waals surface area (Å²) >= 11 is 3.36. The van der Waals surface area contributed by atoms with E-state index in [4.69, 9.17) is 10.5 Å². The van der Waals surface area contributed by atoms with Crippen LogP contribution in [0.2, 0.25) is 0 Å². The fourth-order valence-corrected chi connectivity index (χ4v) is 1.78. The molecule has 0 aliphatic carbocycles. The summed E-state index contributed by atoms with van der Waals surface area (Å²) in [4.78, 5) is 11.8. The van der Waals surface area contributed by atoms with Crippen molar-refractivity contribution in [2.24, 2.45) is 11.7 Å². The van der Waals surface area contributed by atoms with Gasteiger partial charge in [-0.3, -0.25) is 4.79 Å². The monoisotopic (exact) mass is 300 g/mol. The van der Waals surface area contributed by atoms with Crippen molar-refractivity contribution in [3.63, 3.8) is 0 Å². The number of carbonyl (C=O) groups is 1. The van der Waals surface area contributed by atoms with Gasteiger partial charge < -0.3 is 15.8 Å². The van der Waals surface area contributed by atoms with Crippen LogP contribution < -0.4 is 15.8 Å². The first-order valence-electron chi connectivity index (χ1n) is 5.35. The van der Waals surface area contributed by atoms with Crippen molar-refractivity contribution in [3.8, 4) is 5.75 Å². The summed E-state index contributed by atoms with van der Waals surface area (Å²) < 4.78 is 5.91. The molecule has 0 aliphatic rings. The number of carbonyl (C=O) groups excluding carboxylic acids is 1.